The van der Waals surface area contributed by atoms with Crippen molar-refractivity contribution in [2.75, 3.05) is 18.6 Å². The Kier molecular flexibility index (Phi) is 3.33. The number of nitrogens with two attached hydrogens (primary N) is 2. The summed E-state index contributed by atoms with van der Waals surface area (Å²) in [5.41, 5.74) is 10.8. The third-order valence-electron chi connectivity index (χ3n) is 1.94. The molecule has 2 aromatic heterocycles. The molecular formula is C9H10N6O2S. The summed E-state index contributed by atoms with van der Waals surface area (Å²) < 4.78 is 5.09. The predicted octanol–water partition coefficient (Wildman–Crippen LogP) is -0.116. The third kappa shape index (κ3) is 2.51. The first-order valence-corrected chi connectivity index (χ1v) is 5.61. The van der Waals surface area contributed by atoms with Gasteiger partial charge in [-0.05, 0) is 11.8 Å². The van der Waals surface area contributed by atoms with Gasteiger partial charge in [0, 0.05) is 6.07 Å². The van der Waals surface area contributed by atoms with Crippen LogP contribution >= 0.6 is 11.8 Å². The van der Waals surface area contributed by atoms with E-state index in [1.165, 1.54) is 19.5 Å². The molecule has 2 heterocycles. The standard InChI is InChI=1S/C9H10N6O2S/c1-17-6-7(11)12-3-13-8(6)18-9-14-4(10)2-5(16)15-9/h2-3H,1H3,(H2,11,12,13)(H3,10,14,15,16). The van der Waals surface area contributed by atoms with Crippen LogP contribution in [0.2, 0.25) is 0 Å². The Hall–Kier alpha value is -2.29. The second-order valence-corrected chi connectivity index (χ2v) is 4.15. The normalized spacial score (nSPS) is 10.3. The monoisotopic (exact) mass is 266 g/mol. The molecule has 0 spiro atoms. The van der Waals surface area contributed by atoms with E-state index in [2.05, 4.69) is 19.9 Å². The maximum Gasteiger partial charge on any atom is 0.253 e. The Balaban J connectivity index is 2.39. The van der Waals surface area contributed by atoms with Crippen LogP contribution in [0.15, 0.2) is 27.4 Å². The number of aromatic nitrogens is 4. The zero-order valence-corrected chi connectivity index (χ0v) is 10.2. The highest BCUT2D eigenvalue weighted by molar-refractivity contribution is 7.99. The van der Waals surface area contributed by atoms with E-state index in [1.54, 1.807) is 0 Å². The van der Waals surface area contributed by atoms with Crippen molar-refractivity contribution < 1.29 is 4.74 Å². The number of rotatable bonds is 3. The number of anilines is 2. The van der Waals surface area contributed by atoms with Crippen molar-refractivity contribution in [3.8, 4) is 5.75 Å². The van der Waals surface area contributed by atoms with Crippen molar-refractivity contribution in [1.29, 1.82) is 0 Å². The van der Waals surface area contributed by atoms with E-state index in [0.29, 0.717) is 15.9 Å². The minimum absolute atomic E-state index is 0.127. The van der Waals surface area contributed by atoms with Crippen molar-refractivity contribution in [2.24, 2.45) is 0 Å². The molecule has 0 aliphatic rings. The average Bonchev–Trinajstić information content (AvgIpc) is 2.27. The van der Waals surface area contributed by atoms with E-state index in [9.17, 15) is 4.79 Å². The first kappa shape index (κ1) is 12.2. The van der Waals surface area contributed by atoms with Crippen LogP contribution < -0.4 is 21.8 Å². The molecule has 0 radical (unpaired) electrons. The van der Waals surface area contributed by atoms with Gasteiger partial charge >= 0.3 is 0 Å². The maximum absolute atomic E-state index is 11.2. The fourth-order valence-corrected chi connectivity index (χ4v) is 2.09. The molecule has 0 aliphatic carbocycles. The summed E-state index contributed by atoms with van der Waals surface area (Å²) in [6.45, 7) is 0. The summed E-state index contributed by atoms with van der Waals surface area (Å²) in [6.07, 6.45) is 1.30. The van der Waals surface area contributed by atoms with Gasteiger partial charge in [0.15, 0.2) is 21.7 Å². The molecule has 0 aromatic carbocycles. The number of ether oxygens (including phenoxy) is 1. The smallest absolute Gasteiger partial charge is 0.253 e. The van der Waals surface area contributed by atoms with Crippen LogP contribution in [0.5, 0.6) is 5.75 Å². The van der Waals surface area contributed by atoms with Gasteiger partial charge in [0.05, 0.1) is 7.11 Å². The van der Waals surface area contributed by atoms with Crippen LogP contribution in [-0.2, 0) is 0 Å². The Bertz CT molecular complexity index is 629. The number of aromatic amines is 1. The molecule has 0 saturated carbocycles. The lowest BCUT2D eigenvalue weighted by Crippen LogP contribution is -2.09. The second-order valence-electron chi connectivity index (χ2n) is 3.17. The highest BCUT2D eigenvalue weighted by Crippen LogP contribution is 2.33. The van der Waals surface area contributed by atoms with E-state index in [0.717, 1.165) is 11.8 Å². The third-order valence-corrected chi connectivity index (χ3v) is 2.81. The van der Waals surface area contributed by atoms with E-state index in [1.807, 2.05) is 0 Å². The van der Waals surface area contributed by atoms with Gasteiger partial charge < -0.3 is 21.2 Å². The lowest BCUT2D eigenvalue weighted by atomic mass is 10.5. The lowest BCUT2D eigenvalue weighted by molar-refractivity contribution is 0.401. The molecule has 9 heteroatoms. The van der Waals surface area contributed by atoms with Gasteiger partial charge in [-0.25, -0.2) is 15.0 Å². The van der Waals surface area contributed by atoms with Crippen LogP contribution in [0.4, 0.5) is 11.6 Å². The molecule has 0 aliphatic heterocycles. The van der Waals surface area contributed by atoms with Gasteiger partial charge in [0.2, 0.25) is 0 Å². The van der Waals surface area contributed by atoms with Crippen LogP contribution in [0.1, 0.15) is 0 Å². The van der Waals surface area contributed by atoms with Crippen molar-refractivity contribution in [2.45, 2.75) is 10.2 Å². The Morgan fingerprint density at radius 3 is 2.83 bits per heavy atom. The summed E-state index contributed by atoms with van der Waals surface area (Å²) in [4.78, 5) is 25.5. The molecular weight excluding hydrogens is 256 g/mol. The Morgan fingerprint density at radius 2 is 2.17 bits per heavy atom. The van der Waals surface area contributed by atoms with Crippen LogP contribution in [0.25, 0.3) is 0 Å². The number of hydrogen-bond acceptors (Lipinski definition) is 8. The van der Waals surface area contributed by atoms with Crippen LogP contribution in [-0.4, -0.2) is 27.0 Å². The highest BCUT2D eigenvalue weighted by atomic mass is 32.2. The molecule has 0 unspecified atom stereocenters. The average molecular weight is 266 g/mol. The first-order chi connectivity index (χ1) is 8.60. The fraction of sp³-hybridized carbons (Fsp3) is 0.111. The first-order valence-electron chi connectivity index (χ1n) is 4.79. The summed E-state index contributed by atoms with van der Waals surface area (Å²) >= 11 is 1.08. The zero-order valence-electron chi connectivity index (χ0n) is 9.38. The molecule has 0 atom stereocenters. The topological polar surface area (TPSA) is 133 Å². The number of methoxy groups -OCH3 is 1. The number of hydrogen-bond donors (Lipinski definition) is 3. The van der Waals surface area contributed by atoms with Gasteiger partial charge in [-0.15, -0.1) is 0 Å². The van der Waals surface area contributed by atoms with E-state index in [4.69, 9.17) is 16.2 Å². The zero-order chi connectivity index (χ0) is 13.1. The molecule has 0 amide bonds. The fourth-order valence-electron chi connectivity index (χ4n) is 1.23. The van der Waals surface area contributed by atoms with Crippen LogP contribution in [0, 0.1) is 0 Å². The van der Waals surface area contributed by atoms with Crippen molar-refractivity contribution >= 4 is 23.4 Å². The van der Waals surface area contributed by atoms with Gasteiger partial charge in [-0.2, -0.15) is 0 Å². The lowest BCUT2D eigenvalue weighted by Gasteiger charge is -2.07. The van der Waals surface area contributed by atoms with Crippen LogP contribution in [0.3, 0.4) is 0 Å². The summed E-state index contributed by atoms with van der Waals surface area (Å²) in [7, 11) is 1.45. The number of nitrogens with one attached hydrogen (secondary N) is 1. The number of nitrogens with zero attached hydrogens (tertiary/aromatic N) is 3. The maximum atomic E-state index is 11.2. The highest BCUT2D eigenvalue weighted by Gasteiger charge is 2.12. The van der Waals surface area contributed by atoms with Gasteiger partial charge in [0.1, 0.15) is 12.1 Å². The van der Waals surface area contributed by atoms with Gasteiger partial charge in [-0.1, -0.05) is 0 Å². The van der Waals surface area contributed by atoms with E-state index >= 15 is 0 Å². The Morgan fingerprint density at radius 1 is 1.39 bits per heavy atom. The van der Waals surface area contributed by atoms with Gasteiger partial charge in [0.25, 0.3) is 5.56 Å². The largest absolute Gasteiger partial charge is 0.490 e. The minimum atomic E-state index is -0.342. The molecule has 2 aromatic rings. The van der Waals surface area contributed by atoms with E-state index < -0.39 is 0 Å². The number of H-pyrrole nitrogens is 1. The van der Waals surface area contributed by atoms with Gasteiger partial charge in [-0.3, -0.25) is 4.79 Å². The molecule has 8 nitrogen and oxygen atoms in total. The summed E-state index contributed by atoms with van der Waals surface area (Å²) in [5.74, 6) is 0.663. The molecule has 0 bridgehead atoms. The van der Waals surface area contributed by atoms with E-state index in [-0.39, 0.29) is 17.2 Å². The van der Waals surface area contributed by atoms with Crippen molar-refractivity contribution in [1.82, 2.24) is 19.9 Å². The second kappa shape index (κ2) is 4.92. The molecule has 2 rings (SSSR count). The summed E-state index contributed by atoms with van der Waals surface area (Å²) in [5, 5.41) is 0.746. The quantitative estimate of drug-likeness (QED) is 0.517. The SMILES string of the molecule is COc1c(N)ncnc1Sc1nc(N)cc(=O)[nH]1. The number of nitrogen functional groups attached to an aromatic ring is 2. The van der Waals surface area contributed by atoms with Crippen molar-refractivity contribution in [3.05, 3.63) is 22.7 Å². The molecule has 0 saturated heterocycles. The predicted molar refractivity (Wildman–Crippen MR) is 66.4 cm³/mol. The molecule has 5 N–H and O–H groups in total. The molecule has 0 fully saturated rings. The minimum Gasteiger partial charge on any atom is -0.490 e. The molecule has 18 heavy (non-hydrogen) atoms. The Labute approximate surface area is 106 Å². The van der Waals surface area contributed by atoms with Crippen molar-refractivity contribution in [3.63, 3.8) is 0 Å². The molecule has 94 valence electrons. The summed E-state index contributed by atoms with van der Waals surface area (Å²) in [6, 6.07) is 1.19.